The highest BCUT2D eigenvalue weighted by atomic mass is 16.1. The number of hydrogen-bond donors (Lipinski definition) is 1. The van der Waals surface area contributed by atoms with Crippen molar-refractivity contribution in [3.05, 3.63) is 11.4 Å². The fourth-order valence-electron chi connectivity index (χ4n) is 3.13. The molecule has 0 aromatic carbocycles. The largest absolute Gasteiger partial charge is 0.364 e. The van der Waals surface area contributed by atoms with Crippen LogP contribution in [0, 0.1) is 0 Å². The van der Waals surface area contributed by atoms with E-state index in [9.17, 15) is 4.79 Å². The maximum atomic E-state index is 11.5. The summed E-state index contributed by atoms with van der Waals surface area (Å²) in [5.41, 5.74) is 6.84. The van der Waals surface area contributed by atoms with Gasteiger partial charge in [0, 0.05) is 5.92 Å². The number of nitrogens with two attached hydrogens (primary N) is 1. The van der Waals surface area contributed by atoms with E-state index in [2.05, 4.69) is 10.3 Å². The molecule has 2 saturated carbocycles. The Morgan fingerprint density at radius 2 is 1.83 bits per heavy atom. The minimum atomic E-state index is -0.432. The lowest BCUT2D eigenvalue weighted by Gasteiger charge is -2.30. The van der Waals surface area contributed by atoms with E-state index in [-0.39, 0.29) is 0 Å². The molecule has 2 aliphatic rings. The minimum absolute atomic E-state index is 0.408. The first-order valence-electron chi connectivity index (χ1n) is 7.02. The van der Waals surface area contributed by atoms with Crippen molar-refractivity contribution in [2.45, 2.75) is 63.3 Å². The third kappa shape index (κ3) is 1.91. The standard InChI is InChI=1S/C13H20N4O/c14-13(18)11-12(9-5-4-6-9)17(16-15-11)10-7-2-1-3-8-10/h9-10H,1-8H2,(H2,14,18). The van der Waals surface area contributed by atoms with E-state index in [1.165, 1.54) is 25.7 Å². The minimum Gasteiger partial charge on any atom is -0.364 e. The molecule has 18 heavy (non-hydrogen) atoms. The molecule has 1 heterocycles. The summed E-state index contributed by atoms with van der Waals surface area (Å²) in [4.78, 5) is 11.5. The molecule has 1 aromatic heterocycles. The van der Waals surface area contributed by atoms with Gasteiger partial charge in [0.25, 0.3) is 5.91 Å². The van der Waals surface area contributed by atoms with Gasteiger partial charge in [-0.15, -0.1) is 5.10 Å². The Hall–Kier alpha value is -1.39. The van der Waals surface area contributed by atoms with Crippen molar-refractivity contribution in [3.63, 3.8) is 0 Å². The van der Waals surface area contributed by atoms with E-state index >= 15 is 0 Å². The Kier molecular flexibility index (Phi) is 3.06. The fourth-order valence-corrected chi connectivity index (χ4v) is 3.13. The van der Waals surface area contributed by atoms with Crippen LogP contribution in [-0.2, 0) is 0 Å². The summed E-state index contributed by atoms with van der Waals surface area (Å²) >= 11 is 0. The predicted octanol–water partition coefficient (Wildman–Crippen LogP) is 2.15. The third-order valence-corrected chi connectivity index (χ3v) is 4.38. The highest BCUT2D eigenvalue weighted by Crippen LogP contribution is 2.40. The van der Waals surface area contributed by atoms with E-state index in [1.54, 1.807) is 0 Å². The van der Waals surface area contributed by atoms with Crippen molar-refractivity contribution in [1.29, 1.82) is 0 Å². The van der Waals surface area contributed by atoms with Gasteiger partial charge in [-0.05, 0) is 25.7 Å². The second kappa shape index (κ2) is 4.71. The molecule has 2 aliphatic carbocycles. The molecule has 98 valence electrons. The maximum absolute atomic E-state index is 11.5. The highest BCUT2D eigenvalue weighted by Gasteiger charge is 2.32. The quantitative estimate of drug-likeness (QED) is 0.890. The molecule has 3 rings (SSSR count). The van der Waals surface area contributed by atoms with Crippen LogP contribution < -0.4 is 5.73 Å². The van der Waals surface area contributed by atoms with Gasteiger partial charge < -0.3 is 5.73 Å². The van der Waals surface area contributed by atoms with Crippen molar-refractivity contribution in [2.24, 2.45) is 5.73 Å². The molecule has 5 nitrogen and oxygen atoms in total. The number of aromatic nitrogens is 3. The molecule has 5 heteroatoms. The number of carbonyl (C=O) groups is 1. The van der Waals surface area contributed by atoms with Crippen LogP contribution in [0.1, 0.15) is 79.5 Å². The lowest BCUT2D eigenvalue weighted by Crippen LogP contribution is -2.24. The number of rotatable bonds is 3. The molecule has 0 unspecified atom stereocenters. The number of amides is 1. The lowest BCUT2D eigenvalue weighted by molar-refractivity contribution is 0.0993. The molecule has 2 N–H and O–H groups in total. The van der Waals surface area contributed by atoms with Gasteiger partial charge in [0.2, 0.25) is 0 Å². The van der Waals surface area contributed by atoms with Crippen LogP contribution in [0.4, 0.5) is 0 Å². The van der Waals surface area contributed by atoms with Gasteiger partial charge in [-0.1, -0.05) is 30.9 Å². The Balaban J connectivity index is 1.94. The molecule has 0 radical (unpaired) electrons. The molecule has 1 amide bonds. The summed E-state index contributed by atoms with van der Waals surface area (Å²) in [7, 11) is 0. The monoisotopic (exact) mass is 248 g/mol. The van der Waals surface area contributed by atoms with Gasteiger partial charge >= 0.3 is 0 Å². The first kappa shape index (κ1) is 11.7. The van der Waals surface area contributed by atoms with Crippen LogP contribution in [0.25, 0.3) is 0 Å². The van der Waals surface area contributed by atoms with Gasteiger partial charge in [0.1, 0.15) is 0 Å². The Labute approximate surface area is 107 Å². The normalized spacial score (nSPS) is 21.8. The zero-order valence-electron chi connectivity index (χ0n) is 10.6. The van der Waals surface area contributed by atoms with Crippen molar-refractivity contribution >= 4 is 5.91 Å². The molecular weight excluding hydrogens is 228 g/mol. The summed E-state index contributed by atoms with van der Waals surface area (Å²) in [6, 6.07) is 0.426. The van der Waals surface area contributed by atoms with Gasteiger partial charge in [-0.3, -0.25) is 4.79 Å². The topological polar surface area (TPSA) is 73.8 Å². The average Bonchev–Trinajstić information content (AvgIpc) is 2.72. The summed E-state index contributed by atoms with van der Waals surface area (Å²) < 4.78 is 2.02. The predicted molar refractivity (Wildman–Crippen MR) is 67.3 cm³/mol. The van der Waals surface area contributed by atoms with Crippen molar-refractivity contribution in [2.75, 3.05) is 0 Å². The lowest BCUT2D eigenvalue weighted by atomic mass is 9.81. The van der Waals surface area contributed by atoms with E-state index in [0.717, 1.165) is 31.4 Å². The van der Waals surface area contributed by atoms with E-state index in [0.29, 0.717) is 17.7 Å². The molecule has 2 fully saturated rings. The Bertz CT molecular complexity index is 444. The Morgan fingerprint density at radius 1 is 1.11 bits per heavy atom. The first-order chi connectivity index (χ1) is 8.77. The molecule has 0 atom stereocenters. The second-order valence-electron chi connectivity index (χ2n) is 5.55. The fraction of sp³-hybridized carbons (Fsp3) is 0.769. The van der Waals surface area contributed by atoms with Crippen molar-refractivity contribution in [1.82, 2.24) is 15.0 Å². The summed E-state index contributed by atoms with van der Waals surface area (Å²) in [5, 5.41) is 8.26. The highest BCUT2D eigenvalue weighted by molar-refractivity contribution is 5.92. The molecule has 0 spiro atoms. The van der Waals surface area contributed by atoms with E-state index in [1.807, 2.05) is 4.68 Å². The summed E-state index contributed by atoms with van der Waals surface area (Å²) in [5.74, 6) is 0.0170. The SMILES string of the molecule is NC(=O)c1nnn(C2CCCCC2)c1C1CCC1. The number of primary amides is 1. The van der Waals surface area contributed by atoms with Crippen LogP contribution in [0.5, 0.6) is 0 Å². The Morgan fingerprint density at radius 3 is 2.39 bits per heavy atom. The van der Waals surface area contributed by atoms with E-state index in [4.69, 9.17) is 5.73 Å². The average molecular weight is 248 g/mol. The van der Waals surface area contributed by atoms with Crippen LogP contribution in [0.2, 0.25) is 0 Å². The number of hydrogen-bond acceptors (Lipinski definition) is 3. The third-order valence-electron chi connectivity index (χ3n) is 4.38. The number of carbonyl (C=O) groups excluding carboxylic acids is 1. The summed E-state index contributed by atoms with van der Waals surface area (Å²) in [6.07, 6.45) is 9.63. The van der Waals surface area contributed by atoms with Crippen molar-refractivity contribution in [3.8, 4) is 0 Å². The first-order valence-corrected chi connectivity index (χ1v) is 7.02. The molecule has 0 saturated heterocycles. The van der Waals surface area contributed by atoms with Crippen LogP contribution in [0.3, 0.4) is 0 Å². The van der Waals surface area contributed by atoms with Gasteiger partial charge in [0.15, 0.2) is 5.69 Å². The number of nitrogens with zero attached hydrogens (tertiary/aromatic N) is 3. The summed E-state index contributed by atoms with van der Waals surface area (Å²) in [6.45, 7) is 0. The zero-order chi connectivity index (χ0) is 12.5. The van der Waals surface area contributed by atoms with E-state index < -0.39 is 5.91 Å². The van der Waals surface area contributed by atoms with Crippen molar-refractivity contribution < 1.29 is 4.79 Å². The zero-order valence-corrected chi connectivity index (χ0v) is 10.6. The molecule has 1 aromatic rings. The maximum Gasteiger partial charge on any atom is 0.271 e. The van der Waals surface area contributed by atoms with Gasteiger partial charge in [-0.25, -0.2) is 4.68 Å². The van der Waals surface area contributed by atoms with Gasteiger partial charge in [0.05, 0.1) is 11.7 Å². The van der Waals surface area contributed by atoms with Crippen LogP contribution >= 0.6 is 0 Å². The van der Waals surface area contributed by atoms with Gasteiger partial charge in [-0.2, -0.15) is 0 Å². The molecule has 0 aliphatic heterocycles. The second-order valence-corrected chi connectivity index (χ2v) is 5.55. The molecule has 0 bridgehead atoms. The smallest absolute Gasteiger partial charge is 0.271 e. The van der Waals surface area contributed by atoms with Crippen LogP contribution in [0.15, 0.2) is 0 Å². The molecular formula is C13H20N4O. The van der Waals surface area contributed by atoms with Crippen LogP contribution in [-0.4, -0.2) is 20.9 Å².